The van der Waals surface area contributed by atoms with Crippen LogP contribution in [0.5, 0.6) is 0 Å². The second-order valence-electron chi connectivity index (χ2n) is 5.49. The maximum atomic E-state index is 12.1. The van der Waals surface area contributed by atoms with Gasteiger partial charge in [-0.05, 0) is 40.9 Å². The molecule has 0 bridgehead atoms. The monoisotopic (exact) mass is 345 g/mol. The van der Waals surface area contributed by atoms with Crippen molar-refractivity contribution in [3.8, 4) is 0 Å². The quantitative estimate of drug-likeness (QED) is 0.860. The van der Waals surface area contributed by atoms with E-state index in [1.807, 2.05) is 11.8 Å². The summed E-state index contributed by atoms with van der Waals surface area (Å²) in [6, 6.07) is 0. The van der Waals surface area contributed by atoms with E-state index in [1.165, 1.54) is 17.5 Å². The number of hydrogen-bond donors (Lipinski definition) is 1. The number of aromatic nitrogens is 2. The van der Waals surface area contributed by atoms with Gasteiger partial charge in [-0.3, -0.25) is 4.79 Å². The van der Waals surface area contributed by atoms with Crippen molar-refractivity contribution in [1.82, 2.24) is 9.78 Å². The molecular formula is C13H20BrN3OS. The van der Waals surface area contributed by atoms with Crippen LogP contribution < -0.4 is 10.9 Å². The van der Waals surface area contributed by atoms with Crippen LogP contribution >= 0.6 is 27.7 Å². The normalized spacial score (nSPS) is 16.7. The lowest BCUT2D eigenvalue weighted by Gasteiger charge is -2.15. The molecule has 1 N–H and O–H groups in total. The van der Waals surface area contributed by atoms with Crippen LogP contribution in [0.3, 0.4) is 0 Å². The van der Waals surface area contributed by atoms with Gasteiger partial charge in [-0.25, -0.2) is 4.68 Å². The molecule has 6 heteroatoms. The van der Waals surface area contributed by atoms with Crippen molar-refractivity contribution in [3.63, 3.8) is 0 Å². The summed E-state index contributed by atoms with van der Waals surface area (Å²) in [6.45, 7) is 5.68. The largest absolute Gasteiger partial charge is 0.381 e. The van der Waals surface area contributed by atoms with E-state index in [2.05, 4.69) is 46.4 Å². The zero-order chi connectivity index (χ0) is 14.0. The first-order chi connectivity index (χ1) is 8.97. The molecule has 0 unspecified atom stereocenters. The highest BCUT2D eigenvalue weighted by molar-refractivity contribution is 9.10. The molecule has 1 aliphatic carbocycles. The molecule has 0 aromatic carbocycles. The van der Waals surface area contributed by atoms with Crippen LogP contribution in [-0.4, -0.2) is 27.3 Å². The smallest absolute Gasteiger partial charge is 0.283 e. The van der Waals surface area contributed by atoms with Crippen LogP contribution in [0, 0.1) is 5.92 Å². The fourth-order valence-corrected chi connectivity index (χ4v) is 3.09. The van der Waals surface area contributed by atoms with Crippen molar-refractivity contribution >= 4 is 33.4 Å². The minimum absolute atomic E-state index is 0.0623. The highest BCUT2D eigenvalue weighted by atomic mass is 79.9. The molecule has 0 aliphatic heterocycles. The third kappa shape index (κ3) is 3.54. The molecule has 0 atom stereocenters. The van der Waals surface area contributed by atoms with Gasteiger partial charge in [0.05, 0.1) is 11.9 Å². The molecule has 0 spiro atoms. The van der Waals surface area contributed by atoms with Gasteiger partial charge in [-0.2, -0.15) is 16.9 Å². The van der Waals surface area contributed by atoms with Gasteiger partial charge in [0.15, 0.2) is 0 Å². The molecule has 1 aliphatic rings. The number of rotatable bonds is 6. The zero-order valence-electron chi connectivity index (χ0n) is 11.6. The number of nitrogens with one attached hydrogen (secondary N) is 1. The third-order valence-electron chi connectivity index (χ3n) is 3.36. The van der Waals surface area contributed by atoms with Crippen LogP contribution in [-0.2, 0) is 6.54 Å². The Kier molecular flexibility index (Phi) is 4.61. The Labute approximate surface area is 126 Å². The van der Waals surface area contributed by atoms with Gasteiger partial charge in [0.25, 0.3) is 5.56 Å². The first-order valence-corrected chi connectivity index (χ1v) is 8.54. The third-order valence-corrected chi connectivity index (χ3v) is 5.55. The van der Waals surface area contributed by atoms with E-state index < -0.39 is 0 Å². The highest BCUT2D eigenvalue weighted by Crippen LogP contribution is 2.47. The van der Waals surface area contributed by atoms with E-state index in [1.54, 1.807) is 6.20 Å². The lowest BCUT2D eigenvalue weighted by molar-refractivity contribution is 0.462. The first kappa shape index (κ1) is 14.9. The van der Waals surface area contributed by atoms with Gasteiger partial charge in [0.1, 0.15) is 4.47 Å². The van der Waals surface area contributed by atoms with Crippen molar-refractivity contribution in [2.24, 2.45) is 5.92 Å². The average Bonchev–Trinajstić information content (AvgIpc) is 3.14. The number of hydrogen-bond acceptors (Lipinski definition) is 4. The van der Waals surface area contributed by atoms with E-state index in [9.17, 15) is 4.79 Å². The summed E-state index contributed by atoms with van der Waals surface area (Å²) >= 11 is 5.29. The van der Waals surface area contributed by atoms with Crippen LogP contribution in [0.1, 0.15) is 26.7 Å². The number of thioether (sulfide) groups is 1. The summed E-state index contributed by atoms with van der Waals surface area (Å²) in [6.07, 6.45) is 6.38. The molecule has 0 radical (unpaired) electrons. The summed E-state index contributed by atoms with van der Waals surface area (Å²) < 4.78 is 2.47. The van der Waals surface area contributed by atoms with E-state index in [4.69, 9.17) is 0 Å². The Morgan fingerprint density at radius 1 is 1.58 bits per heavy atom. The number of anilines is 1. The number of halogens is 1. The number of nitrogens with zero attached hydrogens (tertiary/aromatic N) is 2. The van der Waals surface area contributed by atoms with E-state index in [0.29, 0.717) is 21.7 Å². The van der Waals surface area contributed by atoms with Crippen molar-refractivity contribution in [1.29, 1.82) is 0 Å². The molecule has 1 saturated carbocycles. The summed E-state index contributed by atoms with van der Waals surface area (Å²) in [5, 5.41) is 7.58. The Morgan fingerprint density at radius 2 is 2.26 bits per heavy atom. The fourth-order valence-electron chi connectivity index (χ4n) is 1.91. The lowest BCUT2D eigenvalue weighted by Crippen LogP contribution is -2.27. The minimum atomic E-state index is -0.0623. The topological polar surface area (TPSA) is 46.9 Å². The summed E-state index contributed by atoms with van der Waals surface area (Å²) in [4.78, 5) is 12.1. The van der Waals surface area contributed by atoms with Crippen LogP contribution in [0.25, 0.3) is 0 Å². The molecular weight excluding hydrogens is 326 g/mol. The van der Waals surface area contributed by atoms with Crippen LogP contribution in [0.4, 0.5) is 5.69 Å². The van der Waals surface area contributed by atoms with E-state index in [0.717, 1.165) is 12.2 Å². The van der Waals surface area contributed by atoms with Gasteiger partial charge in [-0.15, -0.1) is 0 Å². The SMILES string of the molecule is CSC1(CNc2cnn(CC(C)C)c(=O)c2Br)CC1. The fraction of sp³-hybridized carbons (Fsp3) is 0.692. The summed E-state index contributed by atoms with van der Waals surface area (Å²) in [5.74, 6) is 0.405. The van der Waals surface area contributed by atoms with Crippen molar-refractivity contribution in [2.45, 2.75) is 38.0 Å². The molecule has 1 aromatic rings. The lowest BCUT2D eigenvalue weighted by atomic mass is 10.2. The molecule has 2 rings (SSSR count). The molecule has 4 nitrogen and oxygen atoms in total. The summed E-state index contributed by atoms with van der Waals surface area (Å²) in [5.41, 5.74) is 0.734. The van der Waals surface area contributed by atoms with Gasteiger partial charge in [-0.1, -0.05) is 13.8 Å². The van der Waals surface area contributed by atoms with Crippen LogP contribution in [0.15, 0.2) is 15.5 Å². The van der Waals surface area contributed by atoms with Crippen molar-refractivity contribution < 1.29 is 0 Å². The van der Waals surface area contributed by atoms with Crippen LogP contribution in [0.2, 0.25) is 0 Å². The second kappa shape index (κ2) is 5.87. The molecule has 0 saturated heterocycles. The van der Waals surface area contributed by atoms with E-state index in [-0.39, 0.29) is 5.56 Å². The Bertz CT molecular complexity index is 511. The highest BCUT2D eigenvalue weighted by Gasteiger charge is 2.41. The molecule has 19 heavy (non-hydrogen) atoms. The predicted molar refractivity (Wildman–Crippen MR) is 85.0 cm³/mol. The predicted octanol–water partition coefficient (Wildman–Crippen LogP) is 2.97. The standard InChI is InChI=1S/C13H20BrN3OS/c1-9(2)7-17-12(18)11(14)10(6-16-17)15-8-13(19-3)4-5-13/h6,9,15H,4-5,7-8H2,1-3H3. The Balaban J connectivity index is 2.10. The average molecular weight is 346 g/mol. The van der Waals surface area contributed by atoms with E-state index >= 15 is 0 Å². The Morgan fingerprint density at radius 3 is 2.79 bits per heavy atom. The second-order valence-corrected chi connectivity index (χ2v) is 7.56. The molecule has 1 aromatic heterocycles. The summed E-state index contributed by atoms with van der Waals surface area (Å²) in [7, 11) is 0. The Hall–Kier alpha value is -0.490. The van der Waals surface area contributed by atoms with Gasteiger partial charge in [0.2, 0.25) is 0 Å². The zero-order valence-corrected chi connectivity index (χ0v) is 14.0. The maximum absolute atomic E-state index is 12.1. The maximum Gasteiger partial charge on any atom is 0.283 e. The molecule has 0 amide bonds. The van der Waals surface area contributed by atoms with Gasteiger partial charge < -0.3 is 5.32 Å². The van der Waals surface area contributed by atoms with Crippen molar-refractivity contribution in [3.05, 3.63) is 21.0 Å². The van der Waals surface area contributed by atoms with Crippen molar-refractivity contribution in [2.75, 3.05) is 18.1 Å². The van der Waals surface area contributed by atoms with Gasteiger partial charge in [0, 0.05) is 17.8 Å². The molecule has 1 fully saturated rings. The van der Waals surface area contributed by atoms with Gasteiger partial charge >= 0.3 is 0 Å². The minimum Gasteiger partial charge on any atom is -0.381 e. The molecule has 1 heterocycles. The first-order valence-electron chi connectivity index (χ1n) is 6.52. The molecule has 106 valence electrons.